The van der Waals surface area contributed by atoms with Crippen LogP contribution in [0.5, 0.6) is 0 Å². The summed E-state index contributed by atoms with van der Waals surface area (Å²) in [7, 11) is -1.01. The Hall–Kier alpha value is -0.260. The first-order valence-electron chi connectivity index (χ1n) is 6.72. The molecule has 0 aromatic carbocycles. The molecule has 7 heteroatoms. The zero-order valence-electron chi connectivity index (χ0n) is 11.6. The summed E-state index contributed by atoms with van der Waals surface area (Å²) >= 11 is 12.4. The number of sulfone groups is 1. The number of aromatic nitrogens is 2. The lowest BCUT2D eigenvalue weighted by Gasteiger charge is -2.35. The van der Waals surface area contributed by atoms with Crippen LogP contribution in [0.2, 0.25) is 0 Å². The minimum absolute atomic E-state index is 0.0655. The van der Waals surface area contributed by atoms with Crippen molar-refractivity contribution in [3.63, 3.8) is 0 Å². The highest BCUT2D eigenvalue weighted by Gasteiger charge is 2.43. The molecule has 0 bridgehead atoms. The van der Waals surface area contributed by atoms with Crippen molar-refractivity contribution in [2.24, 2.45) is 18.4 Å². The lowest BCUT2D eigenvalue weighted by molar-refractivity contribution is 0.225. The Morgan fingerprint density at radius 2 is 2.15 bits per heavy atom. The van der Waals surface area contributed by atoms with Crippen molar-refractivity contribution in [3.05, 3.63) is 18.0 Å². The van der Waals surface area contributed by atoms with Crippen LogP contribution in [0.4, 0.5) is 0 Å². The molecule has 1 saturated heterocycles. The summed E-state index contributed by atoms with van der Waals surface area (Å²) < 4.78 is 25.2. The number of alkyl halides is 2. The van der Waals surface area contributed by atoms with Crippen LogP contribution >= 0.6 is 23.2 Å². The summed E-state index contributed by atoms with van der Waals surface area (Å²) in [5, 5.41) is 4.14. The van der Waals surface area contributed by atoms with Gasteiger partial charge in [-0.25, -0.2) is 8.42 Å². The van der Waals surface area contributed by atoms with E-state index in [4.69, 9.17) is 23.2 Å². The summed E-state index contributed by atoms with van der Waals surface area (Å²) in [6.07, 6.45) is 4.04. The topological polar surface area (TPSA) is 52.0 Å². The summed E-state index contributed by atoms with van der Waals surface area (Å²) in [5.74, 6) is 1.34. The molecule has 1 aliphatic heterocycles. The fourth-order valence-corrected chi connectivity index (χ4v) is 5.83. The molecular weight excluding hydrogens is 319 g/mol. The van der Waals surface area contributed by atoms with E-state index in [0.717, 1.165) is 18.5 Å². The molecule has 0 radical (unpaired) electrons. The number of hydrogen-bond donors (Lipinski definition) is 0. The maximum absolute atomic E-state index is 11.7. The van der Waals surface area contributed by atoms with E-state index in [1.54, 1.807) is 6.20 Å². The first-order chi connectivity index (χ1) is 9.42. The average molecular weight is 339 g/mol. The number of nitrogens with zero attached hydrogens (tertiary/aromatic N) is 2. The molecule has 1 fully saturated rings. The molecule has 0 N–H and O–H groups in total. The van der Waals surface area contributed by atoms with Gasteiger partial charge in [-0.1, -0.05) is 0 Å². The van der Waals surface area contributed by atoms with Gasteiger partial charge in [-0.3, -0.25) is 4.68 Å². The van der Waals surface area contributed by atoms with E-state index >= 15 is 0 Å². The van der Waals surface area contributed by atoms with Gasteiger partial charge in [0.1, 0.15) is 0 Å². The van der Waals surface area contributed by atoms with Crippen molar-refractivity contribution in [1.29, 1.82) is 0 Å². The number of hydrogen-bond acceptors (Lipinski definition) is 3. The van der Waals surface area contributed by atoms with Gasteiger partial charge < -0.3 is 0 Å². The third kappa shape index (κ3) is 3.31. The quantitative estimate of drug-likeness (QED) is 0.747. The van der Waals surface area contributed by atoms with Crippen LogP contribution in [0.3, 0.4) is 0 Å². The van der Waals surface area contributed by atoms with Crippen molar-refractivity contribution in [1.82, 2.24) is 9.78 Å². The van der Waals surface area contributed by atoms with Crippen LogP contribution in [-0.2, 0) is 23.3 Å². The van der Waals surface area contributed by atoms with Gasteiger partial charge in [0.2, 0.25) is 0 Å². The van der Waals surface area contributed by atoms with Crippen molar-refractivity contribution in [2.45, 2.75) is 19.3 Å². The second kappa shape index (κ2) is 6.24. The molecule has 0 amide bonds. The van der Waals surface area contributed by atoms with E-state index in [9.17, 15) is 8.42 Å². The highest BCUT2D eigenvalue weighted by molar-refractivity contribution is 7.91. The number of aryl methyl sites for hydroxylation is 2. The van der Waals surface area contributed by atoms with Gasteiger partial charge in [-0.2, -0.15) is 5.10 Å². The van der Waals surface area contributed by atoms with Gasteiger partial charge in [0.15, 0.2) is 9.84 Å². The van der Waals surface area contributed by atoms with Crippen LogP contribution < -0.4 is 0 Å². The maximum Gasteiger partial charge on any atom is 0.150 e. The highest BCUT2D eigenvalue weighted by Crippen LogP contribution is 2.41. The van der Waals surface area contributed by atoms with Crippen molar-refractivity contribution >= 4 is 33.0 Å². The van der Waals surface area contributed by atoms with Crippen molar-refractivity contribution in [3.8, 4) is 0 Å². The summed E-state index contributed by atoms with van der Waals surface area (Å²) in [6, 6.07) is 1.97. The Kier molecular flexibility index (Phi) is 5.03. The SMILES string of the molecule is Cn1nccc1CCC(CCl)(CCl)C1CCS(=O)(=O)C1. The Morgan fingerprint density at radius 1 is 1.45 bits per heavy atom. The molecule has 1 aromatic rings. The van der Waals surface area contributed by atoms with E-state index in [1.807, 2.05) is 17.8 Å². The van der Waals surface area contributed by atoms with Gasteiger partial charge in [0.25, 0.3) is 0 Å². The Labute approximate surface area is 130 Å². The van der Waals surface area contributed by atoms with Crippen LogP contribution in [0.15, 0.2) is 12.3 Å². The fourth-order valence-electron chi connectivity index (χ4n) is 2.89. The fraction of sp³-hybridized carbons (Fsp3) is 0.769. The van der Waals surface area contributed by atoms with E-state index in [1.165, 1.54) is 0 Å². The Bertz CT molecular complexity index is 552. The molecule has 4 nitrogen and oxygen atoms in total. The van der Waals surface area contributed by atoms with Gasteiger partial charge in [0, 0.05) is 36.1 Å². The second-order valence-corrected chi connectivity index (χ2v) is 8.44. The van der Waals surface area contributed by atoms with E-state index in [2.05, 4.69) is 5.10 Å². The molecular formula is C13H20Cl2N2O2S. The zero-order chi connectivity index (χ0) is 14.8. The Morgan fingerprint density at radius 3 is 2.60 bits per heavy atom. The lowest BCUT2D eigenvalue weighted by Crippen LogP contribution is -2.36. The predicted molar refractivity (Wildman–Crippen MR) is 82.2 cm³/mol. The standard InChI is InChI=1S/C13H20Cl2N2O2S/c1-17-12(3-6-16-17)2-5-13(9-14,10-15)11-4-7-20(18,19)8-11/h3,6,11H,2,4-5,7-10H2,1H3. The zero-order valence-corrected chi connectivity index (χ0v) is 13.9. The predicted octanol–water partition coefficient (Wildman–Crippen LogP) is 2.25. The van der Waals surface area contributed by atoms with E-state index in [0.29, 0.717) is 18.2 Å². The molecule has 2 rings (SSSR count). The number of rotatable bonds is 6. The first kappa shape index (κ1) is 16.1. The molecule has 1 atom stereocenters. The van der Waals surface area contributed by atoms with Gasteiger partial charge in [-0.05, 0) is 31.2 Å². The molecule has 2 heterocycles. The van der Waals surface area contributed by atoms with Crippen LogP contribution in [0.25, 0.3) is 0 Å². The third-order valence-electron chi connectivity index (χ3n) is 4.43. The third-order valence-corrected chi connectivity index (χ3v) is 7.26. The summed E-state index contributed by atoms with van der Waals surface area (Å²) in [4.78, 5) is 0. The average Bonchev–Trinajstić information content (AvgIpc) is 2.98. The molecule has 0 spiro atoms. The lowest BCUT2D eigenvalue weighted by atomic mass is 9.74. The largest absolute Gasteiger partial charge is 0.273 e. The van der Waals surface area contributed by atoms with E-state index < -0.39 is 9.84 Å². The van der Waals surface area contributed by atoms with Crippen LogP contribution in [-0.4, -0.2) is 41.5 Å². The normalized spacial score (nSPS) is 22.2. The molecule has 0 saturated carbocycles. The minimum atomic E-state index is -2.91. The first-order valence-corrected chi connectivity index (χ1v) is 9.61. The molecule has 20 heavy (non-hydrogen) atoms. The molecule has 1 unspecified atom stereocenters. The smallest absolute Gasteiger partial charge is 0.150 e. The van der Waals surface area contributed by atoms with Crippen molar-refractivity contribution < 1.29 is 8.42 Å². The molecule has 1 aliphatic rings. The molecule has 1 aromatic heterocycles. The van der Waals surface area contributed by atoms with Crippen molar-refractivity contribution in [2.75, 3.05) is 23.3 Å². The number of halogens is 2. The highest BCUT2D eigenvalue weighted by atomic mass is 35.5. The minimum Gasteiger partial charge on any atom is -0.273 e. The monoisotopic (exact) mass is 338 g/mol. The summed E-state index contributed by atoms with van der Waals surface area (Å²) in [5.41, 5.74) is 0.808. The Balaban J connectivity index is 2.11. The van der Waals surface area contributed by atoms with Gasteiger partial charge >= 0.3 is 0 Å². The maximum atomic E-state index is 11.7. The molecule has 114 valence electrons. The van der Waals surface area contributed by atoms with Crippen LogP contribution in [0, 0.1) is 11.3 Å². The second-order valence-electron chi connectivity index (χ2n) is 5.68. The molecule has 0 aliphatic carbocycles. The van der Waals surface area contributed by atoms with Gasteiger partial charge in [-0.15, -0.1) is 23.2 Å². The van der Waals surface area contributed by atoms with E-state index in [-0.39, 0.29) is 22.8 Å². The van der Waals surface area contributed by atoms with Crippen LogP contribution in [0.1, 0.15) is 18.5 Å². The summed E-state index contributed by atoms with van der Waals surface area (Å²) in [6.45, 7) is 0. The van der Waals surface area contributed by atoms with Gasteiger partial charge in [0.05, 0.1) is 11.5 Å².